The zero-order valence-electron chi connectivity index (χ0n) is 21.9. The van der Waals surface area contributed by atoms with Crippen LogP contribution in [0.15, 0.2) is 59.5 Å². The van der Waals surface area contributed by atoms with Gasteiger partial charge in [-0.1, -0.05) is 24.3 Å². The third-order valence-electron chi connectivity index (χ3n) is 6.24. The maximum Gasteiger partial charge on any atom is 0.268 e. The Hall–Kier alpha value is -3.52. The predicted octanol–water partition coefficient (Wildman–Crippen LogP) is 5.01. The molecular weight excluding hydrogens is 476 g/mol. The van der Waals surface area contributed by atoms with Gasteiger partial charge in [-0.25, -0.2) is 8.42 Å². The monoisotopic (exact) mass is 510 g/mol. The van der Waals surface area contributed by atoms with Crippen molar-refractivity contribution in [1.82, 2.24) is 5.32 Å². The normalized spacial score (nSPS) is 12.1. The number of nitrogens with one attached hydrogen (secondary N) is 1. The molecule has 1 N–H and O–H groups in total. The summed E-state index contributed by atoms with van der Waals surface area (Å²) in [7, 11) is -1.25. The number of aryl methyl sites for hydroxylation is 4. The van der Waals surface area contributed by atoms with Crippen molar-refractivity contribution in [3.05, 3.63) is 82.4 Å². The number of rotatable bonds is 9. The molecule has 0 spiro atoms. The van der Waals surface area contributed by atoms with Crippen molar-refractivity contribution in [3.63, 3.8) is 0 Å². The highest BCUT2D eigenvalue weighted by atomic mass is 32.2. The van der Waals surface area contributed by atoms with Crippen LogP contribution in [0.2, 0.25) is 0 Å². The first-order valence-corrected chi connectivity index (χ1v) is 13.1. The Balaban J connectivity index is 2.00. The summed E-state index contributed by atoms with van der Waals surface area (Å²) >= 11 is 0. The number of benzene rings is 3. The lowest BCUT2D eigenvalue weighted by Crippen LogP contribution is -2.41. The van der Waals surface area contributed by atoms with E-state index in [1.807, 2.05) is 27.7 Å². The molecule has 0 aromatic heterocycles. The van der Waals surface area contributed by atoms with Gasteiger partial charge in [0.25, 0.3) is 10.0 Å². The van der Waals surface area contributed by atoms with Crippen molar-refractivity contribution in [3.8, 4) is 11.5 Å². The lowest BCUT2D eigenvalue weighted by Gasteiger charge is -2.26. The second-order valence-corrected chi connectivity index (χ2v) is 10.8. The van der Waals surface area contributed by atoms with Gasteiger partial charge in [0.15, 0.2) is 0 Å². The predicted molar refractivity (Wildman–Crippen MR) is 142 cm³/mol. The van der Waals surface area contributed by atoms with Gasteiger partial charge in [0.2, 0.25) is 5.91 Å². The Bertz CT molecular complexity index is 1370. The third-order valence-corrected chi connectivity index (χ3v) is 8.04. The highest BCUT2D eigenvalue weighted by molar-refractivity contribution is 7.93. The number of ether oxygens (including phenoxy) is 2. The van der Waals surface area contributed by atoms with Gasteiger partial charge in [0.1, 0.15) is 22.9 Å². The van der Waals surface area contributed by atoms with Gasteiger partial charge in [-0.05, 0) is 86.7 Å². The molecule has 36 heavy (non-hydrogen) atoms. The van der Waals surface area contributed by atoms with Crippen molar-refractivity contribution >= 4 is 21.6 Å². The van der Waals surface area contributed by atoms with Crippen LogP contribution < -0.4 is 19.1 Å². The van der Waals surface area contributed by atoms with Crippen LogP contribution in [0.5, 0.6) is 11.5 Å². The number of hydrogen-bond acceptors (Lipinski definition) is 5. The van der Waals surface area contributed by atoms with Crippen LogP contribution in [0.1, 0.15) is 40.8 Å². The Morgan fingerprint density at radius 1 is 0.917 bits per heavy atom. The highest BCUT2D eigenvalue weighted by Crippen LogP contribution is 2.32. The topological polar surface area (TPSA) is 84.9 Å². The molecule has 8 heteroatoms. The van der Waals surface area contributed by atoms with Gasteiger partial charge in [-0.15, -0.1) is 0 Å². The van der Waals surface area contributed by atoms with Gasteiger partial charge < -0.3 is 14.8 Å². The molecule has 0 bridgehead atoms. The first-order valence-electron chi connectivity index (χ1n) is 11.7. The summed E-state index contributed by atoms with van der Waals surface area (Å²) in [5.74, 6) is 0.245. The molecule has 192 valence electrons. The van der Waals surface area contributed by atoms with E-state index in [0.717, 1.165) is 26.6 Å². The van der Waals surface area contributed by atoms with Gasteiger partial charge in [0, 0.05) is 6.07 Å². The second-order valence-electron chi connectivity index (χ2n) is 8.95. The first kappa shape index (κ1) is 27.1. The number of hydrogen-bond donors (Lipinski definition) is 1. The summed E-state index contributed by atoms with van der Waals surface area (Å²) in [5.41, 5.74) is 5.42. The minimum atomic E-state index is -4.17. The molecular formula is C28H34N2O5S. The summed E-state index contributed by atoms with van der Waals surface area (Å²) in [6.45, 7) is 9.35. The molecule has 0 heterocycles. The molecule has 1 atom stereocenters. The molecule has 3 aromatic carbocycles. The van der Waals surface area contributed by atoms with E-state index in [2.05, 4.69) is 17.4 Å². The smallest absolute Gasteiger partial charge is 0.268 e. The fourth-order valence-electron chi connectivity index (χ4n) is 4.13. The quantitative estimate of drug-likeness (QED) is 0.437. The molecule has 0 fully saturated rings. The molecule has 0 aliphatic carbocycles. The van der Waals surface area contributed by atoms with Crippen LogP contribution in [-0.4, -0.2) is 35.1 Å². The number of carbonyl (C=O) groups excluding carboxylic acids is 1. The lowest BCUT2D eigenvalue weighted by molar-refractivity contribution is -0.120. The van der Waals surface area contributed by atoms with E-state index in [0.29, 0.717) is 11.4 Å². The van der Waals surface area contributed by atoms with Gasteiger partial charge in [-0.3, -0.25) is 9.10 Å². The highest BCUT2D eigenvalue weighted by Gasteiger charge is 2.31. The van der Waals surface area contributed by atoms with Crippen LogP contribution in [0.4, 0.5) is 5.69 Å². The van der Waals surface area contributed by atoms with Crippen molar-refractivity contribution in [2.45, 2.75) is 45.6 Å². The molecule has 0 saturated carbocycles. The fourth-order valence-corrected chi connectivity index (χ4v) is 5.79. The van der Waals surface area contributed by atoms with Crippen molar-refractivity contribution < 1.29 is 22.7 Å². The number of sulfonamides is 1. The average Bonchev–Trinajstić information content (AvgIpc) is 2.84. The summed E-state index contributed by atoms with van der Waals surface area (Å²) in [5, 5.41) is 2.97. The molecule has 0 saturated heterocycles. The van der Waals surface area contributed by atoms with Gasteiger partial charge in [-0.2, -0.15) is 0 Å². The maximum atomic E-state index is 13.9. The zero-order chi connectivity index (χ0) is 26.6. The second kappa shape index (κ2) is 11.0. The van der Waals surface area contributed by atoms with E-state index in [-0.39, 0.29) is 16.7 Å². The van der Waals surface area contributed by atoms with Crippen LogP contribution in [0, 0.1) is 27.7 Å². The van der Waals surface area contributed by atoms with E-state index in [1.54, 1.807) is 49.4 Å². The van der Waals surface area contributed by atoms with Crippen LogP contribution in [0.3, 0.4) is 0 Å². The third kappa shape index (κ3) is 5.82. The summed E-state index contributed by atoms with van der Waals surface area (Å²) in [6.07, 6.45) is 0. The SMILES string of the molecule is COc1cccc(N(CC(=O)NC(C)c2cc(C)c(C)cc2C)S(=O)(=O)c2cc(C)ccc2OC)c1. The summed E-state index contributed by atoms with van der Waals surface area (Å²) in [4.78, 5) is 13.2. The summed E-state index contributed by atoms with van der Waals surface area (Å²) < 4.78 is 39.6. The van der Waals surface area contributed by atoms with E-state index >= 15 is 0 Å². The number of anilines is 1. The van der Waals surface area contributed by atoms with Crippen LogP contribution in [0.25, 0.3) is 0 Å². The van der Waals surface area contributed by atoms with Crippen molar-refractivity contribution in [2.24, 2.45) is 0 Å². The lowest BCUT2D eigenvalue weighted by atomic mass is 9.96. The fraction of sp³-hybridized carbons (Fsp3) is 0.321. The van der Waals surface area contributed by atoms with E-state index in [1.165, 1.54) is 19.8 Å². The van der Waals surface area contributed by atoms with Gasteiger partial charge >= 0.3 is 0 Å². The molecule has 0 radical (unpaired) electrons. The minimum absolute atomic E-state index is 0.0151. The van der Waals surface area contributed by atoms with Crippen LogP contribution in [-0.2, 0) is 14.8 Å². The Kier molecular flexibility index (Phi) is 8.30. The van der Waals surface area contributed by atoms with E-state index in [4.69, 9.17) is 9.47 Å². The van der Waals surface area contributed by atoms with E-state index < -0.39 is 22.5 Å². The maximum absolute atomic E-state index is 13.9. The Morgan fingerprint density at radius 2 is 1.61 bits per heavy atom. The first-order chi connectivity index (χ1) is 17.0. The minimum Gasteiger partial charge on any atom is -0.497 e. The van der Waals surface area contributed by atoms with Crippen molar-refractivity contribution in [2.75, 3.05) is 25.1 Å². The standard InChI is InChI=1S/C28H34N2O5S/c1-18-11-12-26(35-7)27(13-18)36(32,33)30(23-9-8-10-24(16-23)34-6)17-28(31)29-22(5)25-15-20(3)19(2)14-21(25)4/h8-16,22H,17H2,1-7H3,(H,29,31). The molecule has 1 amide bonds. The largest absolute Gasteiger partial charge is 0.497 e. The molecule has 0 aliphatic rings. The zero-order valence-corrected chi connectivity index (χ0v) is 22.7. The Labute approximate surface area is 214 Å². The molecule has 7 nitrogen and oxygen atoms in total. The molecule has 3 rings (SSSR count). The van der Waals surface area contributed by atoms with E-state index in [9.17, 15) is 13.2 Å². The average molecular weight is 511 g/mol. The van der Waals surface area contributed by atoms with Gasteiger partial charge in [0.05, 0.1) is 25.9 Å². The number of carbonyl (C=O) groups is 1. The number of amides is 1. The Morgan fingerprint density at radius 3 is 2.28 bits per heavy atom. The summed E-state index contributed by atoms with van der Waals surface area (Å²) in [6, 6.07) is 15.4. The molecule has 3 aromatic rings. The van der Waals surface area contributed by atoms with Crippen LogP contribution >= 0.6 is 0 Å². The molecule has 1 unspecified atom stereocenters. The van der Waals surface area contributed by atoms with Crippen molar-refractivity contribution in [1.29, 1.82) is 0 Å². The number of nitrogens with zero attached hydrogens (tertiary/aromatic N) is 1. The molecule has 0 aliphatic heterocycles. The number of methoxy groups -OCH3 is 2.